The van der Waals surface area contributed by atoms with Crippen LogP contribution in [0.3, 0.4) is 0 Å². The molecule has 0 aliphatic carbocycles. The zero-order chi connectivity index (χ0) is 12.2. The van der Waals surface area contributed by atoms with Gasteiger partial charge in [-0.15, -0.1) is 0 Å². The number of hydrogen-bond donors (Lipinski definition) is 1. The first-order valence-corrected chi connectivity index (χ1v) is 5.47. The molecule has 90 valence electrons. The topological polar surface area (TPSA) is 44.5 Å². The molecule has 1 aromatic rings. The number of hydrogen-bond acceptors (Lipinski definition) is 3. The molecule has 0 saturated heterocycles. The zero-order valence-corrected chi connectivity index (χ0v) is 10.5. The van der Waals surface area contributed by atoms with Crippen molar-refractivity contribution in [3.63, 3.8) is 0 Å². The third-order valence-corrected chi connectivity index (χ3v) is 2.42. The molecule has 0 heterocycles. The van der Waals surface area contributed by atoms with Crippen LogP contribution in [0.15, 0.2) is 18.2 Å². The Hall–Kier alpha value is -1.22. The van der Waals surface area contributed by atoms with Gasteiger partial charge in [-0.1, -0.05) is 26.8 Å². The molecular formula is C13H21NO2. The normalized spacial score (nSPS) is 11.5. The summed E-state index contributed by atoms with van der Waals surface area (Å²) < 4.78 is 10.4. The highest BCUT2D eigenvalue weighted by atomic mass is 16.5. The van der Waals surface area contributed by atoms with Crippen molar-refractivity contribution in [1.29, 1.82) is 0 Å². The van der Waals surface area contributed by atoms with Crippen LogP contribution in [0.5, 0.6) is 5.75 Å². The molecule has 0 fully saturated rings. The van der Waals surface area contributed by atoms with E-state index in [9.17, 15) is 0 Å². The minimum atomic E-state index is 0.110. The number of anilines is 1. The van der Waals surface area contributed by atoms with E-state index in [4.69, 9.17) is 15.2 Å². The van der Waals surface area contributed by atoms with Gasteiger partial charge in [0.25, 0.3) is 0 Å². The van der Waals surface area contributed by atoms with Crippen LogP contribution >= 0.6 is 0 Å². The largest absolute Gasteiger partial charge is 0.489 e. The van der Waals surface area contributed by atoms with E-state index >= 15 is 0 Å². The lowest BCUT2D eigenvalue weighted by molar-refractivity contribution is 0.146. The summed E-state index contributed by atoms with van der Waals surface area (Å²) in [7, 11) is 1.65. The number of benzene rings is 1. The Morgan fingerprint density at radius 2 is 1.88 bits per heavy atom. The first-order valence-electron chi connectivity index (χ1n) is 5.47. The first kappa shape index (κ1) is 12.8. The molecule has 1 rings (SSSR count). The van der Waals surface area contributed by atoms with Gasteiger partial charge in [0.15, 0.2) is 0 Å². The van der Waals surface area contributed by atoms with Crippen molar-refractivity contribution < 1.29 is 9.47 Å². The van der Waals surface area contributed by atoms with Crippen molar-refractivity contribution in [3.8, 4) is 5.75 Å². The van der Waals surface area contributed by atoms with Gasteiger partial charge in [-0.05, 0) is 23.1 Å². The van der Waals surface area contributed by atoms with Gasteiger partial charge in [0, 0.05) is 7.11 Å². The second-order valence-corrected chi connectivity index (χ2v) is 4.84. The molecule has 0 amide bonds. The summed E-state index contributed by atoms with van der Waals surface area (Å²) in [5, 5.41) is 0. The van der Waals surface area contributed by atoms with Crippen molar-refractivity contribution in [2.45, 2.75) is 26.2 Å². The number of nitrogens with two attached hydrogens (primary N) is 1. The molecule has 0 atom stereocenters. The van der Waals surface area contributed by atoms with Crippen LogP contribution in [-0.2, 0) is 10.2 Å². The van der Waals surface area contributed by atoms with Crippen molar-refractivity contribution in [1.82, 2.24) is 0 Å². The summed E-state index contributed by atoms with van der Waals surface area (Å²) in [4.78, 5) is 0. The van der Waals surface area contributed by atoms with Crippen LogP contribution < -0.4 is 10.5 Å². The van der Waals surface area contributed by atoms with Gasteiger partial charge < -0.3 is 15.2 Å². The fourth-order valence-corrected chi connectivity index (χ4v) is 1.38. The van der Waals surface area contributed by atoms with Crippen molar-refractivity contribution in [3.05, 3.63) is 23.8 Å². The molecule has 0 bridgehead atoms. The molecule has 0 aromatic heterocycles. The predicted molar refractivity (Wildman–Crippen MR) is 66.9 cm³/mol. The molecule has 3 nitrogen and oxygen atoms in total. The van der Waals surface area contributed by atoms with Crippen molar-refractivity contribution in [2.75, 3.05) is 26.1 Å². The van der Waals surface area contributed by atoms with Gasteiger partial charge >= 0.3 is 0 Å². The second-order valence-electron chi connectivity index (χ2n) is 4.84. The van der Waals surface area contributed by atoms with E-state index in [-0.39, 0.29) is 5.41 Å². The highest BCUT2D eigenvalue weighted by Gasteiger charge is 2.14. The maximum atomic E-state index is 5.93. The van der Waals surface area contributed by atoms with E-state index in [1.54, 1.807) is 7.11 Å². The minimum absolute atomic E-state index is 0.110. The molecule has 0 spiro atoms. The molecule has 3 heteroatoms. The number of methoxy groups -OCH3 is 1. The average molecular weight is 223 g/mol. The molecule has 2 N–H and O–H groups in total. The molecule has 0 saturated carbocycles. The Bertz CT molecular complexity index is 342. The Morgan fingerprint density at radius 1 is 1.19 bits per heavy atom. The van der Waals surface area contributed by atoms with Crippen LogP contribution in [0.25, 0.3) is 0 Å². The molecular weight excluding hydrogens is 202 g/mol. The standard InChI is InChI=1S/C13H21NO2/c1-13(2,3)10-5-6-12(11(14)9-10)16-8-7-15-4/h5-6,9H,7-8,14H2,1-4H3. The highest BCUT2D eigenvalue weighted by Crippen LogP contribution is 2.29. The maximum absolute atomic E-state index is 5.93. The van der Waals surface area contributed by atoms with Crippen LogP contribution in [0.4, 0.5) is 5.69 Å². The summed E-state index contributed by atoms with van der Waals surface area (Å²) in [6.07, 6.45) is 0. The molecule has 0 radical (unpaired) electrons. The lowest BCUT2D eigenvalue weighted by atomic mass is 9.87. The third kappa shape index (κ3) is 3.42. The van der Waals surface area contributed by atoms with E-state index in [0.717, 1.165) is 5.75 Å². The predicted octanol–water partition coefficient (Wildman–Crippen LogP) is 2.59. The molecule has 16 heavy (non-hydrogen) atoms. The Balaban J connectivity index is 2.76. The lowest BCUT2D eigenvalue weighted by Crippen LogP contribution is -2.12. The highest BCUT2D eigenvalue weighted by molar-refractivity contribution is 5.55. The Morgan fingerprint density at radius 3 is 2.38 bits per heavy atom. The van der Waals surface area contributed by atoms with Crippen LogP contribution in [-0.4, -0.2) is 20.3 Å². The van der Waals surface area contributed by atoms with Gasteiger partial charge in [-0.3, -0.25) is 0 Å². The van der Waals surface area contributed by atoms with Crippen molar-refractivity contribution in [2.24, 2.45) is 0 Å². The van der Waals surface area contributed by atoms with E-state index in [0.29, 0.717) is 18.9 Å². The number of rotatable bonds is 4. The van der Waals surface area contributed by atoms with Gasteiger partial charge in [-0.25, -0.2) is 0 Å². The van der Waals surface area contributed by atoms with E-state index in [1.807, 2.05) is 12.1 Å². The number of ether oxygens (including phenoxy) is 2. The SMILES string of the molecule is COCCOc1ccc(C(C)(C)C)cc1N. The van der Waals surface area contributed by atoms with Gasteiger partial charge in [-0.2, -0.15) is 0 Å². The minimum Gasteiger partial charge on any atom is -0.489 e. The monoisotopic (exact) mass is 223 g/mol. The summed E-state index contributed by atoms with van der Waals surface area (Å²) in [5.41, 5.74) is 7.94. The zero-order valence-electron chi connectivity index (χ0n) is 10.5. The number of nitrogen functional groups attached to an aromatic ring is 1. The summed E-state index contributed by atoms with van der Waals surface area (Å²) in [5.74, 6) is 0.727. The quantitative estimate of drug-likeness (QED) is 0.630. The van der Waals surface area contributed by atoms with E-state index < -0.39 is 0 Å². The van der Waals surface area contributed by atoms with Gasteiger partial charge in [0.2, 0.25) is 0 Å². The van der Waals surface area contributed by atoms with Gasteiger partial charge in [0.05, 0.1) is 12.3 Å². The fraction of sp³-hybridized carbons (Fsp3) is 0.538. The van der Waals surface area contributed by atoms with Crippen LogP contribution in [0.2, 0.25) is 0 Å². The summed E-state index contributed by atoms with van der Waals surface area (Å²) in [6, 6.07) is 5.95. The average Bonchev–Trinajstić information content (AvgIpc) is 2.19. The third-order valence-electron chi connectivity index (χ3n) is 2.42. The summed E-state index contributed by atoms with van der Waals surface area (Å²) >= 11 is 0. The van der Waals surface area contributed by atoms with E-state index in [2.05, 4.69) is 26.8 Å². The fourth-order valence-electron chi connectivity index (χ4n) is 1.38. The second kappa shape index (κ2) is 5.21. The Labute approximate surface area is 97.6 Å². The molecule has 1 aromatic carbocycles. The smallest absolute Gasteiger partial charge is 0.142 e. The van der Waals surface area contributed by atoms with E-state index in [1.165, 1.54) is 5.56 Å². The Kier molecular flexibility index (Phi) is 4.19. The van der Waals surface area contributed by atoms with Crippen LogP contribution in [0.1, 0.15) is 26.3 Å². The molecule has 0 aliphatic rings. The molecule has 0 unspecified atom stereocenters. The maximum Gasteiger partial charge on any atom is 0.142 e. The van der Waals surface area contributed by atoms with Crippen molar-refractivity contribution >= 4 is 5.69 Å². The lowest BCUT2D eigenvalue weighted by Gasteiger charge is -2.20. The summed E-state index contributed by atoms with van der Waals surface area (Å²) in [6.45, 7) is 7.57. The van der Waals surface area contributed by atoms with Crippen LogP contribution in [0, 0.1) is 0 Å². The molecule has 0 aliphatic heterocycles. The van der Waals surface area contributed by atoms with Gasteiger partial charge in [0.1, 0.15) is 12.4 Å². The first-order chi connectivity index (χ1) is 7.45.